The lowest BCUT2D eigenvalue weighted by Crippen LogP contribution is -1.79. The molecule has 2 heteroatoms. The maximum Gasteiger partial charge on any atom is 0.187 e. The van der Waals surface area contributed by atoms with Gasteiger partial charge in [0.2, 0.25) is 0 Å². The van der Waals surface area contributed by atoms with E-state index in [9.17, 15) is 0 Å². The normalized spacial score (nSPS) is 8.69. The third kappa shape index (κ3) is 2.47. The van der Waals surface area contributed by atoms with Crippen LogP contribution in [0.1, 0.15) is 11.3 Å². The summed E-state index contributed by atoms with van der Waals surface area (Å²) in [6.07, 6.45) is 1.71. The lowest BCUT2D eigenvalue weighted by molar-refractivity contribution is 1.29. The number of pyridine rings is 1. The largest absolute Gasteiger partial charge is 0.248 e. The van der Waals surface area contributed by atoms with Gasteiger partial charge in [0.15, 0.2) is 5.69 Å². The van der Waals surface area contributed by atoms with E-state index in [0.717, 1.165) is 11.3 Å². The minimum Gasteiger partial charge on any atom is -0.248 e. The van der Waals surface area contributed by atoms with Crippen LogP contribution in [0.3, 0.4) is 0 Å². The lowest BCUT2D eigenvalue weighted by atomic mass is 10.2. The number of aromatic nitrogens is 1. The summed E-state index contributed by atoms with van der Waals surface area (Å²) in [6, 6.07) is 12.8. The van der Waals surface area contributed by atoms with Crippen LogP contribution in [0.4, 0.5) is 5.69 Å². The molecule has 0 aliphatic rings. The van der Waals surface area contributed by atoms with Gasteiger partial charge < -0.3 is 0 Å². The zero-order chi connectivity index (χ0) is 11.2. The summed E-state index contributed by atoms with van der Waals surface area (Å²) < 4.78 is 0. The highest BCUT2D eigenvalue weighted by Gasteiger charge is 1.89. The molecule has 0 bridgehead atoms. The van der Waals surface area contributed by atoms with Gasteiger partial charge in [0.1, 0.15) is 5.69 Å². The molecule has 0 saturated carbocycles. The summed E-state index contributed by atoms with van der Waals surface area (Å²) in [5.74, 6) is 5.96. The van der Waals surface area contributed by atoms with Crippen molar-refractivity contribution in [3.05, 3.63) is 71.3 Å². The Bertz CT molecular complexity index is 566. The molecule has 0 radical (unpaired) electrons. The lowest BCUT2D eigenvalue weighted by Gasteiger charge is -1.90. The molecule has 0 fully saturated rings. The van der Waals surface area contributed by atoms with Crippen LogP contribution in [0.15, 0.2) is 48.7 Å². The van der Waals surface area contributed by atoms with Crippen LogP contribution in [0.2, 0.25) is 0 Å². The fourth-order valence-corrected chi connectivity index (χ4v) is 1.19. The molecule has 0 spiro atoms. The number of rotatable bonds is 0. The van der Waals surface area contributed by atoms with Gasteiger partial charge in [-0.05, 0) is 18.1 Å². The first-order valence-electron chi connectivity index (χ1n) is 4.79. The van der Waals surface area contributed by atoms with Gasteiger partial charge in [0.25, 0.3) is 0 Å². The maximum absolute atomic E-state index is 6.83. The Hall–Kier alpha value is -2.58. The van der Waals surface area contributed by atoms with Gasteiger partial charge in [-0.15, -0.1) is 0 Å². The molecule has 16 heavy (non-hydrogen) atoms. The zero-order valence-electron chi connectivity index (χ0n) is 8.51. The molecule has 0 unspecified atom stereocenters. The highest BCUT2D eigenvalue weighted by Crippen LogP contribution is 2.11. The number of hydrogen-bond donors (Lipinski definition) is 0. The van der Waals surface area contributed by atoms with Crippen LogP contribution in [0.5, 0.6) is 0 Å². The molecule has 1 aromatic heterocycles. The summed E-state index contributed by atoms with van der Waals surface area (Å²) in [7, 11) is 0. The van der Waals surface area contributed by atoms with Gasteiger partial charge in [-0.3, -0.25) is 0 Å². The minimum absolute atomic E-state index is 0.628. The van der Waals surface area contributed by atoms with E-state index in [2.05, 4.69) is 21.7 Å². The molecule has 0 aliphatic heterocycles. The summed E-state index contributed by atoms with van der Waals surface area (Å²) >= 11 is 0. The predicted octanol–water partition coefficient (Wildman–Crippen LogP) is 3.03. The van der Waals surface area contributed by atoms with Gasteiger partial charge in [-0.1, -0.05) is 36.3 Å². The summed E-state index contributed by atoms with van der Waals surface area (Å²) in [6.45, 7) is 6.83. The van der Waals surface area contributed by atoms with E-state index in [0.29, 0.717) is 5.69 Å². The summed E-state index contributed by atoms with van der Waals surface area (Å²) in [4.78, 5) is 7.42. The van der Waals surface area contributed by atoms with Gasteiger partial charge >= 0.3 is 0 Å². The van der Waals surface area contributed by atoms with Crippen molar-refractivity contribution < 1.29 is 0 Å². The van der Waals surface area contributed by atoms with Crippen LogP contribution < -0.4 is 0 Å². The van der Waals surface area contributed by atoms with E-state index in [1.807, 2.05) is 30.3 Å². The van der Waals surface area contributed by atoms with Crippen molar-refractivity contribution in [3.8, 4) is 11.8 Å². The molecule has 1 aromatic carbocycles. The van der Waals surface area contributed by atoms with Crippen molar-refractivity contribution in [2.45, 2.75) is 0 Å². The molecule has 0 amide bonds. The Labute approximate surface area is 94.4 Å². The second-order valence-electron chi connectivity index (χ2n) is 3.12. The quantitative estimate of drug-likeness (QED) is 0.476. The Kier molecular flexibility index (Phi) is 2.97. The number of benzene rings is 1. The summed E-state index contributed by atoms with van der Waals surface area (Å²) in [5.41, 5.74) is 2.26. The van der Waals surface area contributed by atoms with E-state index in [-0.39, 0.29) is 0 Å². The Balaban J connectivity index is 2.22. The molecule has 2 nitrogen and oxygen atoms in total. The molecule has 0 atom stereocenters. The van der Waals surface area contributed by atoms with Gasteiger partial charge in [-0.2, -0.15) is 0 Å². The molecular formula is C14H8N2. The number of nitrogens with zero attached hydrogens (tertiary/aromatic N) is 2. The van der Waals surface area contributed by atoms with E-state index in [1.165, 1.54) is 0 Å². The van der Waals surface area contributed by atoms with Crippen LogP contribution in [-0.2, 0) is 0 Å². The van der Waals surface area contributed by atoms with Gasteiger partial charge in [0, 0.05) is 11.8 Å². The average molecular weight is 204 g/mol. The van der Waals surface area contributed by atoms with Crippen molar-refractivity contribution in [2.24, 2.45) is 0 Å². The second kappa shape index (κ2) is 4.77. The van der Waals surface area contributed by atoms with Crippen LogP contribution in [0, 0.1) is 18.4 Å². The van der Waals surface area contributed by atoms with Crippen LogP contribution in [0.25, 0.3) is 4.85 Å². The topological polar surface area (TPSA) is 17.2 Å². The van der Waals surface area contributed by atoms with E-state index < -0.39 is 0 Å². The third-order valence-electron chi connectivity index (χ3n) is 2.00. The van der Waals surface area contributed by atoms with Crippen molar-refractivity contribution in [3.63, 3.8) is 0 Å². The fraction of sp³-hybridized carbons (Fsp3) is 0. The van der Waals surface area contributed by atoms with E-state index in [4.69, 9.17) is 6.57 Å². The van der Waals surface area contributed by atoms with E-state index in [1.54, 1.807) is 18.3 Å². The summed E-state index contributed by atoms with van der Waals surface area (Å²) in [5, 5.41) is 0. The third-order valence-corrected chi connectivity index (χ3v) is 2.00. The van der Waals surface area contributed by atoms with Crippen molar-refractivity contribution in [1.82, 2.24) is 4.98 Å². The number of hydrogen-bond acceptors (Lipinski definition) is 1. The van der Waals surface area contributed by atoms with Gasteiger partial charge in [-0.25, -0.2) is 9.83 Å². The molecule has 1 heterocycles. The first-order chi connectivity index (χ1) is 7.88. The molecule has 0 saturated heterocycles. The predicted molar refractivity (Wildman–Crippen MR) is 62.9 cm³/mol. The molecule has 0 aliphatic carbocycles. The molecule has 2 aromatic rings. The van der Waals surface area contributed by atoms with Crippen molar-refractivity contribution >= 4 is 5.69 Å². The Morgan fingerprint density at radius 1 is 1.00 bits per heavy atom. The Morgan fingerprint density at radius 3 is 2.44 bits per heavy atom. The first-order valence-corrected chi connectivity index (χ1v) is 4.79. The van der Waals surface area contributed by atoms with Crippen molar-refractivity contribution in [2.75, 3.05) is 0 Å². The smallest absolute Gasteiger partial charge is 0.187 e. The molecular weight excluding hydrogens is 196 g/mol. The standard InChI is InChI=1S/C14H8N2/c1-15-13-8-5-12(6-9-13)7-10-14-4-2-3-11-16-14/h2-6,8-9,11H. The fourth-order valence-electron chi connectivity index (χ4n) is 1.19. The highest BCUT2D eigenvalue weighted by molar-refractivity contribution is 5.49. The molecule has 2 rings (SSSR count). The molecule has 0 N–H and O–H groups in total. The van der Waals surface area contributed by atoms with Crippen LogP contribution >= 0.6 is 0 Å². The highest BCUT2D eigenvalue weighted by atomic mass is 14.6. The Morgan fingerprint density at radius 2 is 1.81 bits per heavy atom. The second-order valence-corrected chi connectivity index (χ2v) is 3.12. The average Bonchev–Trinajstić information content (AvgIpc) is 2.38. The maximum atomic E-state index is 6.83. The van der Waals surface area contributed by atoms with Crippen LogP contribution in [-0.4, -0.2) is 4.98 Å². The minimum atomic E-state index is 0.628. The monoisotopic (exact) mass is 204 g/mol. The SMILES string of the molecule is [C-]#[N+]c1ccc(C#Cc2ccccn2)cc1. The zero-order valence-corrected chi connectivity index (χ0v) is 8.51. The molecule has 74 valence electrons. The van der Waals surface area contributed by atoms with Gasteiger partial charge in [0.05, 0.1) is 6.57 Å². The van der Waals surface area contributed by atoms with Crippen molar-refractivity contribution in [1.29, 1.82) is 0 Å². The first kappa shape index (κ1) is 9.96. The van der Waals surface area contributed by atoms with E-state index >= 15 is 0 Å².